The monoisotopic (exact) mass is 204 g/mol. The number of hydrogen-bond donors (Lipinski definition) is 0. The van der Waals surface area contributed by atoms with Crippen LogP contribution in [0.3, 0.4) is 0 Å². The average Bonchev–Trinajstić information content (AvgIpc) is 2.28. The van der Waals surface area contributed by atoms with E-state index < -0.39 is 6.09 Å². The molecule has 15 heavy (non-hydrogen) atoms. The molecule has 0 heterocycles. The molecular formula is C11H12N2O2. The van der Waals surface area contributed by atoms with Gasteiger partial charge in [-0.2, -0.15) is 5.26 Å². The Bertz CT molecular complexity index is 379. The van der Waals surface area contributed by atoms with Gasteiger partial charge in [0.1, 0.15) is 0 Å². The number of nitriles is 1. The fourth-order valence-electron chi connectivity index (χ4n) is 1.09. The Morgan fingerprint density at radius 3 is 2.53 bits per heavy atom. The Balaban J connectivity index is 2.79. The third-order valence-corrected chi connectivity index (χ3v) is 1.93. The van der Waals surface area contributed by atoms with Crippen LogP contribution in [0.5, 0.6) is 0 Å². The normalized spacial score (nSPS) is 9.13. The van der Waals surface area contributed by atoms with Crippen molar-refractivity contribution in [2.75, 3.05) is 18.6 Å². The molecule has 0 aromatic heterocycles. The maximum Gasteiger partial charge on any atom is 0.413 e. The van der Waals surface area contributed by atoms with Crippen LogP contribution in [0.15, 0.2) is 24.3 Å². The molecule has 0 atom stereocenters. The van der Waals surface area contributed by atoms with Gasteiger partial charge in [-0.05, 0) is 31.2 Å². The van der Waals surface area contributed by atoms with Gasteiger partial charge < -0.3 is 4.74 Å². The van der Waals surface area contributed by atoms with Gasteiger partial charge in [0.2, 0.25) is 0 Å². The van der Waals surface area contributed by atoms with Gasteiger partial charge in [0.25, 0.3) is 0 Å². The summed E-state index contributed by atoms with van der Waals surface area (Å²) in [5, 5.41) is 8.61. The van der Waals surface area contributed by atoms with Gasteiger partial charge in [0, 0.05) is 12.7 Å². The Kier molecular flexibility index (Phi) is 3.69. The van der Waals surface area contributed by atoms with Gasteiger partial charge in [-0.1, -0.05) is 0 Å². The van der Waals surface area contributed by atoms with Crippen LogP contribution in [0.1, 0.15) is 12.5 Å². The van der Waals surface area contributed by atoms with E-state index >= 15 is 0 Å². The van der Waals surface area contributed by atoms with Crippen LogP contribution in [0.25, 0.3) is 0 Å². The second-order valence-electron chi connectivity index (χ2n) is 2.92. The quantitative estimate of drug-likeness (QED) is 0.741. The minimum Gasteiger partial charge on any atom is -0.449 e. The lowest BCUT2D eigenvalue weighted by atomic mass is 10.2. The third-order valence-electron chi connectivity index (χ3n) is 1.93. The molecule has 1 aromatic carbocycles. The Labute approximate surface area is 88.7 Å². The molecular weight excluding hydrogens is 192 g/mol. The SMILES string of the molecule is CCOC(=O)N(C)c1ccc(C#N)cc1. The smallest absolute Gasteiger partial charge is 0.413 e. The predicted octanol–water partition coefficient (Wildman–Crippen LogP) is 2.15. The van der Waals surface area contributed by atoms with Crippen molar-refractivity contribution in [2.45, 2.75) is 6.92 Å². The predicted molar refractivity (Wildman–Crippen MR) is 56.6 cm³/mol. The standard InChI is InChI=1S/C11H12N2O2/c1-3-15-11(14)13(2)10-6-4-9(8-12)5-7-10/h4-7H,3H2,1-2H3. The fraction of sp³-hybridized carbons (Fsp3) is 0.273. The number of benzene rings is 1. The van der Waals surface area contributed by atoms with Gasteiger partial charge >= 0.3 is 6.09 Å². The molecule has 0 N–H and O–H groups in total. The molecule has 0 aliphatic heterocycles. The van der Waals surface area contributed by atoms with Crippen LogP contribution in [-0.2, 0) is 4.74 Å². The summed E-state index contributed by atoms with van der Waals surface area (Å²) in [6, 6.07) is 8.74. The first-order valence-electron chi connectivity index (χ1n) is 4.59. The second-order valence-corrected chi connectivity index (χ2v) is 2.92. The highest BCUT2D eigenvalue weighted by Gasteiger charge is 2.10. The highest BCUT2D eigenvalue weighted by atomic mass is 16.6. The fourth-order valence-corrected chi connectivity index (χ4v) is 1.09. The van der Waals surface area contributed by atoms with Crippen molar-refractivity contribution in [3.8, 4) is 6.07 Å². The zero-order chi connectivity index (χ0) is 11.3. The van der Waals surface area contributed by atoms with Crippen LogP contribution in [0, 0.1) is 11.3 Å². The van der Waals surface area contributed by atoms with Gasteiger partial charge in [-0.3, -0.25) is 4.90 Å². The number of amides is 1. The summed E-state index contributed by atoms with van der Waals surface area (Å²) in [7, 11) is 1.62. The highest BCUT2D eigenvalue weighted by molar-refractivity contribution is 5.86. The van der Waals surface area contributed by atoms with E-state index in [1.165, 1.54) is 4.90 Å². The van der Waals surface area contributed by atoms with E-state index in [0.717, 1.165) is 0 Å². The van der Waals surface area contributed by atoms with Crippen molar-refractivity contribution >= 4 is 11.8 Å². The van der Waals surface area contributed by atoms with Crippen LogP contribution in [0.4, 0.5) is 10.5 Å². The van der Waals surface area contributed by atoms with Crippen molar-refractivity contribution in [1.29, 1.82) is 5.26 Å². The van der Waals surface area contributed by atoms with Crippen molar-refractivity contribution in [1.82, 2.24) is 0 Å². The molecule has 0 spiro atoms. The summed E-state index contributed by atoms with van der Waals surface area (Å²) < 4.78 is 4.84. The first-order chi connectivity index (χ1) is 7.19. The molecule has 4 nitrogen and oxygen atoms in total. The molecule has 0 aliphatic rings. The molecule has 1 amide bonds. The molecule has 0 saturated heterocycles. The molecule has 0 aliphatic carbocycles. The molecule has 0 unspecified atom stereocenters. The summed E-state index contributed by atoms with van der Waals surface area (Å²) >= 11 is 0. The van der Waals surface area contributed by atoms with Crippen molar-refractivity contribution < 1.29 is 9.53 Å². The van der Waals surface area contributed by atoms with E-state index in [2.05, 4.69) is 0 Å². The minimum absolute atomic E-state index is 0.347. The number of ether oxygens (including phenoxy) is 1. The van der Waals surface area contributed by atoms with Crippen LogP contribution in [-0.4, -0.2) is 19.7 Å². The highest BCUT2D eigenvalue weighted by Crippen LogP contribution is 2.14. The van der Waals surface area contributed by atoms with Gasteiger partial charge in [-0.15, -0.1) is 0 Å². The summed E-state index contributed by atoms with van der Waals surface area (Å²) in [6.45, 7) is 2.10. The van der Waals surface area contributed by atoms with E-state index in [1.807, 2.05) is 6.07 Å². The molecule has 0 radical (unpaired) electrons. The molecule has 4 heteroatoms. The Hall–Kier alpha value is -2.02. The molecule has 1 rings (SSSR count). The van der Waals surface area contributed by atoms with E-state index in [-0.39, 0.29) is 0 Å². The molecule has 0 bridgehead atoms. The van der Waals surface area contributed by atoms with Gasteiger partial charge in [0.15, 0.2) is 0 Å². The lowest BCUT2D eigenvalue weighted by Crippen LogP contribution is -2.26. The van der Waals surface area contributed by atoms with E-state index in [0.29, 0.717) is 17.9 Å². The van der Waals surface area contributed by atoms with Crippen molar-refractivity contribution in [2.24, 2.45) is 0 Å². The number of anilines is 1. The molecule has 0 saturated carbocycles. The topological polar surface area (TPSA) is 53.3 Å². The van der Waals surface area contributed by atoms with Gasteiger partial charge in [-0.25, -0.2) is 4.79 Å². The number of nitrogens with zero attached hydrogens (tertiary/aromatic N) is 2. The molecule has 78 valence electrons. The van der Waals surface area contributed by atoms with E-state index in [1.54, 1.807) is 38.2 Å². The van der Waals surface area contributed by atoms with Gasteiger partial charge in [0.05, 0.1) is 18.2 Å². The minimum atomic E-state index is -0.401. The molecule has 1 aromatic rings. The summed E-state index contributed by atoms with van der Waals surface area (Å²) in [4.78, 5) is 12.7. The number of carbonyl (C=O) groups is 1. The average molecular weight is 204 g/mol. The van der Waals surface area contributed by atoms with Crippen molar-refractivity contribution in [3.63, 3.8) is 0 Å². The first-order valence-corrected chi connectivity index (χ1v) is 4.59. The Morgan fingerprint density at radius 1 is 1.47 bits per heavy atom. The third kappa shape index (κ3) is 2.71. The zero-order valence-electron chi connectivity index (χ0n) is 8.73. The number of rotatable bonds is 2. The zero-order valence-corrected chi connectivity index (χ0v) is 8.73. The van der Waals surface area contributed by atoms with Crippen molar-refractivity contribution in [3.05, 3.63) is 29.8 Å². The van der Waals surface area contributed by atoms with E-state index in [9.17, 15) is 4.79 Å². The van der Waals surface area contributed by atoms with E-state index in [4.69, 9.17) is 10.00 Å². The molecule has 0 fully saturated rings. The Morgan fingerprint density at radius 2 is 2.07 bits per heavy atom. The maximum atomic E-state index is 11.3. The number of hydrogen-bond acceptors (Lipinski definition) is 3. The lowest BCUT2D eigenvalue weighted by molar-refractivity contribution is 0.161. The second kappa shape index (κ2) is 5.01. The van der Waals surface area contributed by atoms with Crippen LogP contribution in [0.2, 0.25) is 0 Å². The summed E-state index contributed by atoms with van der Waals surface area (Å²) in [6.07, 6.45) is -0.401. The summed E-state index contributed by atoms with van der Waals surface area (Å²) in [5.41, 5.74) is 1.27. The largest absolute Gasteiger partial charge is 0.449 e. The lowest BCUT2D eigenvalue weighted by Gasteiger charge is -2.16. The maximum absolute atomic E-state index is 11.3. The van der Waals surface area contributed by atoms with Crippen LogP contribution < -0.4 is 4.90 Å². The first kappa shape index (κ1) is 11.1. The number of carbonyl (C=O) groups excluding carboxylic acids is 1. The van der Waals surface area contributed by atoms with Crippen LogP contribution >= 0.6 is 0 Å². The summed E-state index contributed by atoms with van der Waals surface area (Å²) in [5.74, 6) is 0.